The van der Waals surface area contributed by atoms with Gasteiger partial charge in [0, 0.05) is 19.6 Å². The number of carbonyl (C=O) groups is 1. The molecule has 1 N–H and O–H groups in total. The lowest BCUT2D eigenvalue weighted by molar-refractivity contribution is 0.0945. The van der Waals surface area contributed by atoms with Gasteiger partial charge in [-0.2, -0.15) is 0 Å². The molecular weight excluding hydrogens is 300 g/mol. The molecule has 0 aromatic carbocycles. The molecule has 0 unspecified atom stereocenters. The second kappa shape index (κ2) is 6.15. The summed E-state index contributed by atoms with van der Waals surface area (Å²) in [4.78, 5) is 12.4. The summed E-state index contributed by atoms with van der Waals surface area (Å²) in [6, 6.07) is 0. The van der Waals surface area contributed by atoms with Crippen LogP contribution in [0, 0.1) is 12.8 Å². The van der Waals surface area contributed by atoms with Gasteiger partial charge in [0.1, 0.15) is 4.88 Å². The Morgan fingerprint density at radius 1 is 1.45 bits per heavy atom. The van der Waals surface area contributed by atoms with Gasteiger partial charge >= 0.3 is 0 Å². The number of nitrogens with one attached hydrogen (secondary N) is 1. The Morgan fingerprint density at radius 2 is 2.10 bits per heavy atom. The Bertz CT molecular complexity index is 576. The van der Waals surface area contributed by atoms with Crippen LogP contribution in [0.4, 0.5) is 0 Å². The lowest BCUT2D eigenvalue weighted by Gasteiger charge is -2.30. The number of aromatic nitrogens is 2. The molecule has 1 fully saturated rings. The summed E-state index contributed by atoms with van der Waals surface area (Å²) in [5, 5.41) is 6.68. The van der Waals surface area contributed by atoms with Crippen LogP contribution < -0.4 is 5.32 Å². The smallest absolute Gasteiger partial charge is 0.264 e. The van der Waals surface area contributed by atoms with Gasteiger partial charge in [-0.25, -0.2) is 12.7 Å². The Morgan fingerprint density at radius 3 is 2.60 bits per heavy atom. The fourth-order valence-corrected chi connectivity index (χ4v) is 3.65. The molecule has 0 aliphatic carbocycles. The third-order valence-corrected chi connectivity index (χ3v) is 5.58. The zero-order chi connectivity index (χ0) is 14.8. The number of aryl methyl sites for hydroxylation is 1. The average Bonchev–Trinajstić information content (AvgIpc) is 2.82. The standard InChI is InChI=1S/C11H18N4O3S2/c1-8-10(19-14-13-8)11(16)12-7-9-3-5-15(6-4-9)20(2,17)18/h9H,3-7H2,1-2H3,(H,12,16). The number of hydrogen-bond acceptors (Lipinski definition) is 6. The van der Waals surface area contributed by atoms with Gasteiger partial charge in [-0.1, -0.05) is 4.49 Å². The molecule has 2 rings (SSSR count). The van der Waals surface area contributed by atoms with E-state index in [4.69, 9.17) is 0 Å². The van der Waals surface area contributed by atoms with Gasteiger partial charge in [0.05, 0.1) is 11.9 Å². The van der Waals surface area contributed by atoms with E-state index in [1.54, 1.807) is 6.92 Å². The maximum atomic E-state index is 11.9. The number of amides is 1. The normalized spacial score (nSPS) is 18.1. The van der Waals surface area contributed by atoms with Crippen LogP contribution in [-0.2, 0) is 10.0 Å². The van der Waals surface area contributed by atoms with Crippen molar-refractivity contribution in [1.29, 1.82) is 0 Å². The van der Waals surface area contributed by atoms with E-state index in [0.717, 1.165) is 24.4 Å². The molecule has 1 aliphatic rings. The largest absolute Gasteiger partial charge is 0.351 e. The summed E-state index contributed by atoms with van der Waals surface area (Å²) in [6.45, 7) is 3.37. The molecule has 1 aromatic rings. The summed E-state index contributed by atoms with van der Waals surface area (Å²) in [5.74, 6) is 0.168. The van der Waals surface area contributed by atoms with Gasteiger partial charge in [-0.15, -0.1) is 5.10 Å². The first-order valence-corrected chi connectivity index (χ1v) is 9.02. The maximum Gasteiger partial charge on any atom is 0.264 e. The highest BCUT2D eigenvalue weighted by Crippen LogP contribution is 2.18. The summed E-state index contributed by atoms with van der Waals surface area (Å²) in [6.07, 6.45) is 2.77. The van der Waals surface area contributed by atoms with E-state index >= 15 is 0 Å². The lowest BCUT2D eigenvalue weighted by Crippen LogP contribution is -2.41. The molecule has 0 bridgehead atoms. The zero-order valence-corrected chi connectivity index (χ0v) is 13.1. The molecule has 1 aliphatic heterocycles. The van der Waals surface area contributed by atoms with Gasteiger partial charge in [0.15, 0.2) is 0 Å². The van der Waals surface area contributed by atoms with Crippen molar-refractivity contribution in [1.82, 2.24) is 19.2 Å². The number of nitrogens with zero attached hydrogens (tertiary/aromatic N) is 3. The highest BCUT2D eigenvalue weighted by atomic mass is 32.2. The number of piperidine rings is 1. The third kappa shape index (κ3) is 3.74. The van der Waals surface area contributed by atoms with Crippen molar-refractivity contribution in [2.45, 2.75) is 19.8 Å². The van der Waals surface area contributed by atoms with Crippen LogP contribution in [0.25, 0.3) is 0 Å². The highest BCUT2D eigenvalue weighted by molar-refractivity contribution is 7.88. The van der Waals surface area contributed by atoms with Gasteiger partial charge in [-0.05, 0) is 37.2 Å². The summed E-state index contributed by atoms with van der Waals surface area (Å²) in [7, 11) is -3.09. The first-order chi connectivity index (χ1) is 9.38. The monoisotopic (exact) mass is 318 g/mol. The van der Waals surface area contributed by atoms with Gasteiger partial charge < -0.3 is 5.32 Å². The minimum absolute atomic E-state index is 0.150. The zero-order valence-electron chi connectivity index (χ0n) is 11.5. The molecule has 1 amide bonds. The fraction of sp³-hybridized carbons (Fsp3) is 0.727. The predicted octanol–water partition coefficient (Wildman–Crippen LogP) is 0.248. The molecule has 1 saturated heterocycles. The summed E-state index contributed by atoms with van der Waals surface area (Å²) < 4.78 is 28.0. The molecule has 0 spiro atoms. The van der Waals surface area contributed by atoms with Crippen molar-refractivity contribution in [2.75, 3.05) is 25.9 Å². The van der Waals surface area contributed by atoms with E-state index in [1.807, 2.05) is 0 Å². The van der Waals surface area contributed by atoms with E-state index in [0.29, 0.717) is 36.1 Å². The molecule has 2 heterocycles. The number of carbonyl (C=O) groups excluding carboxylic acids is 1. The molecule has 9 heteroatoms. The number of hydrogen-bond donors (Lipinski definition) is 1. The van der Waals surface area contributed by atoms with Crippen molar-refractivity contribution in [3.63, 3.8) is 0 Å². The molecule has 112 valence electrons. The van der Waals surface area contributed by atoms with Crippen molar-refractivity contribution in [2.24, 2.45) is 5.92 Å². The van der Waals surface area contributed by atoms with E-state index in [1.165, 1.54) is 10.6 Å². The fourth-order valence-electron chi connectivity index (χ4n) is 2.20. The van der Waals surface area contributed by atoms with E-state index in [9.17, 15) is 13.2 Å². The first kappa shape index (κ1) is 15.3. The minimum atomic E-state index is -3.09. The van der Waals surface area contributed by atoms with Crippen molar-refractivity contribution >= 4 is 27.5 Å². The van der Waals surface area contributed by atoms with E-state index in [2.05, 4.69) is 14.9 Å². The first-order valence-electron chi connectivity index (χ1n) is 6.40. The van der Waals surface area contributed by atoms with Gasteiger partial charge in [-0.3, -0.25) is 4.79 Å². The lowest BCUT2D eigenvalue weighted by atomic mass is 9.98. The Labute approximate surface area is 122 Å². The summed E-state index contributed by atoms with van der Waals surface area (Å²) in [5.41, 5.74) is 0.638. The number of sulfonamides is 1. The van der Waals surface area contributed by atoms with Gasteiger partial charge in [0.2, 0.25) is 10.0 Å². The van der Waals surface area contributed by atoms with Crippen LogP contribution in [0.3, 0.4) is 0 Å². The van der Waals surface area contributed by atoms with Gasteiger partial charge in [0.25, 0.3) is 5.91 Å². The number of rotatable bonds is 4. The molecule has 0 saturated carbocycles. The van der Waals surface area contributed by atoms with E-state index < -0.39 is 10.0 Å². The van der Waals surface area contributed by atoms with Crippen LogP contribution >= 0.6 is 11.5 Å². The SMILES string of the molecule is Cc1nnsc1C(=O)NCC1CCN(S(C)(=O)=O)CC1. The molecule has 0 radical (unpaired) electrons. The Hall–Kier alpha value is -1.06. The second-order valence-corrected chi connectivity index (χ2v) is 7.74. The summed E-state index contributed by atoms with van der Waals surface area (Å²) >= 11 is 1.09. The average molecular weight is 318 g/mol. The Balaban J connectivity index is 1.80. The van der Waals surface area contributed by atoms with Crippen LogP contribution in [-0.4, -0.2) is 54.1 Å². The van der Waals surface area contributed by atoms with Crippen LogP contribution in [0.5, 0.6) is 0 Å². The quantitative estimate of drug-likeness (QED) is 0.859. The van der Waals surface area contributed by atoms with Crippen LogP contribution in [0.15, 0.2) is 0 Å². The molecular formula is C11H18N4O3S2. The molecule has 0 atom stereocenters. The van der Waals surface area contributed by atoms with Crippen molar-refractivity contribution < 1.29 is 13.2 Å². The van der Waals surface area contributed by atoms with Crippen molar-refractivity contribution in [3.05, 3.63) is 10.6 Å². The van der Waals surface area contributed by atoms with Crippen LogP contribution in [0.2, 0.25) is 0 Å². The predicted molar refractivity (Wildman–Crippen MR) is 76.1 cm³/mol. The maximum absolute atomic E-state index is 11.9. The van der Waals surface area contributed by atoms with Crippen LogP contribution in [0.1, 0.15) is 28.2 Å². The molecule has 20 heavy (non-hydrogen) atoms. The molecule has 7 nitrogen and oxygen atoms in total. The minimum Gasteiger partial charge on any atom is -0.351 e. The van der Waals surface area contributed by atoms with E-state index in [-0.39, 0.29) is 5.91 Å². The second-order valence-electron chi connectivity index (χ2n) is 5.00. The third-order valence-electron chi connectivity index (χ3n) is 3.45. The highest BCUT2D eigenvalue weighted by Gasteiger charge is 2.25. The van der Waals surface area contributed by atoms with Crippen molar-refractivity contribution in [3.8, 4) is 0 Å². The molecule has 1 aromatic heterocycles. The Kier molecular flexibility index (Phi) is 4.71. The topological polar surface area (TPSA) is 92.3 Å².